The molecule has 12 heteroatoms. The van der Waals surface area contributed by atoms with Crippen molar-refractivity contribution < 1.29 is 12.8 Å². The summed E-state index contributed by atoms with van der Waals surface area (Å²) in [7, 11) is -3.42. The van der Waals surface area contributed by atoms with Crippen molar-refractivity contribution in [3.8, 4) is 33.8 Å². The van der Waals surface area contributed by atoms with Gasteiger partial charge in [0.05, 0.1) is 17.6 Å². The number of sulfonamides is 1. The Morgan fingerprint density at radius 1 is 0.919 bits per heavy atom. The van der Waals surface area contributed by atoms with Gasteiger partial charge in [0.25, 0.3) is 0 Å². The van der Waals surface area contributed by atoms with Crippen molar-refractivity contribution in [3.63, 3.8) is 0 Å². The molecule has 0 saturated carbocycles. The third kappa shape index (κ3) is 4.55. The summed E-state index contributed by atoms with van der Waals surface area (Å²) in [6.07, 6.45) is 9.33. The van der Waals surface area contributed by atoms with Crippen LogP contribution in [0.5, 0.6) is 0 Å². The van der Waals surface area contributed by atoms with Crippen LogP contribution in [-0.4, -0.2) is 49.8 Å². The summed E-state index contributed by atoms with van der Waals surface area (Å²) >= 11 is 0. The van der Waals surface area contributed by atoms with Crippen molar-refractivity contribution in [1.82, 2.24) is 39.8 Å². The van der Waals surface area contributed by atoms with Gasteiger partial charge in [-0.05, 0) is 42.0 Å². The second kappa shape index (κ2) is 8.84. The Labute approximate surface area is 210 Å². The van der Waals surface area contributed by atoms with Crippen LogP contribution in [0.25, 0.3) is 55.7 Å². The third-order valence-electron chi connectivity index (χ3n) is 5.88. The first-order valence-electron chi connectivity index (χ1n) is 11.2. The van der Waals surface area contributed by atoms with Gasteiger partial charge < -0.3 is 4.98 Å². The highest BCUT2D eigenvalue weighted by Crippen LogP contribution is 2.34. The van der Waals surface area contributed by atoms with E-state index in [4.69, 9.17) is 0 Å². The predicted molar refractivity (Wildman–Crippen MR) is 137 cm³/mol. The molecule has 5 heterocycles. The fourth-order valence-corrected chi connectivity index (χ4v) is 4.66. The Kier molecular flexibility index (Phi) is 5.46. The standard InChI is InChI=1S/C25H19FN8O2S/c1-37(35,36)31-9-14-4-15(6-18(26)5-14)23-19-8-22(32-21(19)2-3-29-23)24-20-7-16(12-30-25(20)34-33-24)17-10-27-13-28-11-17/h2-8,10-13,31-32H,9H2,1H3,(H,30,33,34). The molecule has 37 heavy (non-hydrogen) atoms. The zero-order chi connectivity index (χ0) is 25.6. The third-order valence-corrected chi connectivity index (χ3v) is 6.55. The summed E-state index contributed by atoms with van der Waals surface area (Å²) in [5.74, 6) is -0.487. The minimum atomic E-state index is -3.42. The van der Waals surface area contributed by atoms with Crippen LogP contribution in [0.15, 0.2) is 67.5 Å². The summed E-state index contributed by atoms with van der Waals surface area (Å²) in [4.78, 5) is 20.5. The van der Waals surface area contributed by atoms with E-state index < -0.39 is 15.8 Å². The average Bonchev–Trinajstić information content (AvgIpc) is 3.51. The number of fused-ring (bicyclic) bond motifs is 2. The van der Waals surface area contributed by atoms with Crippen molar-refractivity contribution in [2.75, 3.05) is 6.26 Å². The van der Waals surface area contributed by atoms with E-state index in [1.54, 1.807) is 30.9 Å². The molecular weight excluding hydrogens is 495 g/mol. The molecular formula is C25H19FN8O2S. The first-order chi connectivity index (χ1) is 17.8. The molecule has 10 nitrogen and oxygen atoms in total. The first-order valence-corrected chi connectivity index (χ1v) is 13.1. The molecule has 0 bridgehead atoms. The van der Waals surface area contributed by atoms with E-state index in [0.717, 1.165) is 39.4 Å². The summed E-state index contributed by atoms with van der Waals surface area (Å²) in [5.41, 5.74) is 6.06. The van der Waals surface area contributed by atoms with E-state index in [-0.39, 0.29) is 6.54 Å². The zero-order valence-corrected chi connectivity index (χ0v) is 20.2. The number of H-pyrrole nitrogens is 2. The van der Waals surface area contributed by atoms with Gasteiger partial charge in [-0.15, -0.1) is 0 Å². The van der Waals surface area contributed by atoms with Crippen LogP contribution in [0, 0.1) is 5.82 Å². The van der Waals surface area contributed by atoms with Crippen molar-refractivity contribution in [3.05, 3.63) is 78.9 Å². The van der Waals surface area contributed by atoms with Gasteiger partial charge in [0, 0.05) is 64.3 Å². The topological polar surface area (TPSA) is 142 Å². The van der Waals surface area contributed by atoms with Gasteiger partial charge in [-0.25, -0.2) is 32.5 Å². The molecule has 6 rings (SSSR count). The van der Waals surface area contributed by atoms with Crippen LogP contribution >= 0.6 is 0 Å². The number of hydrogen-bond donors (Lipinski definition) is 3. The van der Waals surface area contributed by atoms with Crippen LogP contribution in [0.2, 0.25) is 0 Å². The number of pyridine rings is 2. The summed E-state index contributed by atoms with van der Waals surface area (Å²) in [5, 5.41) is 9.01. The fourth-order valence-electron chi connectivity index (χ4n) is 4.23. The van der Waals surface area contributed by atoms with Crippen molar-refractivity contribution in [2.24, 2.45) is 0 Å². The van der Waals surface area contributed by atoms with Gasteiger partial charge in [-0.2, -0.15) is 5.10 Å². The molecule has 0 spiro atoms. The highest BCUT2D eigenvalue weighted by atomic mass is 32.2. The van der Waals surface area contributed by atoms with E-state index in [2.05, 4.69) is 39.8 Å². The Hall–Kier alpha value is -4.55. The lowest BCUT2D eigenvalue weighted by atomic mass is 10.0. The second-order valence-electron chi connectivity index (χ2n) is 8.56. The Morgan fingerprint density at radius 2 is 1.76 bits per heavy atom. The number of rotatable bonds is 6. The molecule has 0 radical (unpaired) electrons. The second-order valence-corrected chi connectivity index (χ2v) is 10.4. The maximum atomic E-state index is 14.5. The molecule has 184 valence electrons. The highest BCUT2D eigenvalue weighted by molar-refractivity contribution is 7.88. The maximum absolute atomic E-state index is 14.5. The molecule has 0 aliphatic rings. The molecule has 0 amide bonds. The van der Waals surface area contributed by atoms with Gasteiger partial charge in [0.15, 0.2) is 5.65 Å². The number of halogens is 1. The monoisotopic (exact) mass is 514 g/mol. The minimum Gasteiger partial charge on any atom is -0.353 e. The van der Waals surface area contributed by atoms with Crippen molar-refractivity contribution in [2.45, 2.75) is 6.54 Å². The molecule has 6 aromatic rings. The first kappa shape index (κ1) is 22.9. The predicted octanol–water partition coefficient (Wildman–Crippen LogP) is 3.81. The van der Waals surface area contributed by atoms with Gasteiger partial charge in [0.1, 0.15) is 17.8 Å². The van der Waals surface area contributed by atoms with Crippen LogP contribution in [0.4, 0.5) is 4.39 Å². The Bertz CT molecular complexity index is 1880. The quantitative estimate of drug-likeness (QED) is 0.307. The zero-order valence-electron chi connectivity index (χ0n) is 19.4. The van der Waals surface area contributed by atoms with E-state index in [1.807, 2.05) is 18.2 Å². The van der Waals surface area contributed by atoms with Crippen LogP contribution in [0.3, 0.4) is 0 Å². The Morgan fingerprint density at radius 3 is 2.57 bits per heavy atom. The van der Waals surface area contributed by atoms with Gasteiger partial charge in [-0.3, -0.25) is 10.1 Å². The molecule has 3 N–H and O–H groups in total. The number of benzene rings is 1. The molecule has 0 saturated heterocycles. The summed E-state index contributed by atoms with van der Waals surface area (Å²) < 4.78 is 39.8. The molecule has 0 fully saturated rings. The number of nitrogens with zero attached hydrogens (tertiary/aromatic N) is 5. The van der Waals surface area contributed by atoms with E-state index in [9.17, 15) is 12.8 Å². The lowest BCUT2D eigenvalue weighted by Gasteiger charge is -2.07. The maximum Gasteiger partial charge on any atom is 0.209 e. The van der Waals surface area contributed by atoms with Crippen LogP contribution in [-0.2, 0) is 16.6 Å². The van der Waals surface area contributed by atoms with Crippen molar-refractivity contribution >= 4 is 32.0 Å². The van der Waals surface area contributed by atoms with E-state index >= 15 is 0 Å². The fraction of sp³-hybridized carbons (Fsp3) is 0.0800. The molecule has 0 unspecified atom stereocenters. The number of aromatic amines is 2. The lowest BCUT2D eigenvalue weighted by Crippen LogP contribution is -2.21. The number of hydrogen-bond acceptors (Lipinski definition) is 7. The van der Waals surface area contributed by atoms with Crippen molar-refractivity contribution in [1.29, 1.82) is 0 Å². The molecule has 5 aromatic heterocycles. The summed E-state index contributed by atoms with van der Waals surface area (Å²) in [6.45, 7) is -0.0288. The van der Waals surface area contributed by atoms with Crippen LogP contribution in [0.1, 0.15) is 5.56 Å². The molecule has 0 aliphatic carbocycles. The highest BCUT2D eigenvalue weighted by Gasteiger charge is 2.16. The molecule has 0 aliphatic heterocycles. The Balaban J connectivity index is 1.44. The average molecular weight is 515 g/mol. The van der Waals surface area contributed by atoms with Gasteiger partial charge >= 0.3 is 0 Å². The molecule has 0 atom stereocenters. The minimum absolute atomic E-state index is 0.0288. The molecule has 1 aromatic carbocycles. The van der Waals surface area contributed by atoms with Gasteiger partial charge in [-0.1, -0.05) is 0 Å². The normalized spacial score (nSPS) is 11.9. The van der Waals surface area contributed by atoms with Gasteiger partial charge in [0.2, 0.25) is 10.0 Å². The summed E-state index contributed by atoms with van der Waals surface area (Å²) in [6, 6.07) is 10.1. The SMILES string of the molecule is CS(=O)(=O)NCc1cc(F)cc(-c2nccc3[nH]c(-c4n[nH]c5ncc(-c6cncnc6)cc45)cc23)c1. The largest absolute Gasteiger partial charge is 0.353 e. The van der Waals surface area contributed by atoms with E-state index in [1.165, 1.54) is 18.5 Å². The smallest absolute Gasteiger partial charge is 0.209 e. The number of aromatic nitrogens is 7. The van der Waals surface area contributed by atoms with Crippen LogP contribution < -0.4 is 4.72 Å². The van der Waals surface area contributed by atoms with E-state index in [0.29, 0.717) is 28.2 Å². The lowest BCUT2D eigenvalue weighted by molar-refractivity contribution is 0.586. The number of nitrogens with one attached hydrogen (secondary N) is 3.